The van der Waals surface area contributed by atoms with Crippen LogP contribution in [0.3, 0.4) is 0 Å². The van der Waals surface area contributed by atoms with Crippen LogP contribution in [0.15, 0.2) is 41.1 Å². The number of carbonyl (C=O) groups is 1. The second-order valence-electron chi connectivity index (χ2n) is 5.22. The lowest BCUT2D eigenvalue weighted by atomic mass is 10.1. The number of ether oxygens (including phenoxy) is 1. The van der Waals surface area contributed by atoms with E-state index in [1.165, 1.54) is 24.6 Å². The van der Waals surface area contributed by atoms with Gasteiger partial charge in [-0.25, -0.2) is 8.78 Å². The van der Waals surface area contributed by atoms with Crippen molar-refractivity contribution < 1.29 is 27.8 Å². The summed E-state index contributed by atoms with van der Waals surface area (Å²) < 4.78 is 34.2. The standard InChI is InChI=1S/C16H18F2N2O4/c1-10(7-13(21)14-3-2-6-23-14)20-16(22)12-8-11(4-5-19-12)24-9-15(17)18/h2-6,8,10,13,15,21H,7,9H2,1H3,(H,20,22). The molecule has 0 saturated heterocycles. The summed E-state index contributed by atoms with van der Waals surface area (Å²) in [6, 6.07) is 5.63. The lowest BCUT2D eigenvalue weighted by molar-refractivity contribution is 0.0816. The Labute approximate surface area is 137 Å². The summed E-state index contributed by atoms with van der Waals surface area (Å²) in [5, 5.41) is 12.7. The number of carbonyl (C=O) groups excluding carboxylic acids is 1. The fourth-order valence-corrected chi connectivity index (χ4v) is 2.07. The van der Waals surface area contributed by atoms with Crippen LogP contribution in [0.4, 0.5) is 8.78 Å². The first kappa shape index (κ1) is 17.9. The molecule has 0 spiro atoms. The van der Waals surface area contributed by atoms with Crippen LogP contribution in [-0.4, -0.2) is 35.1 Å². The molecule has 0 aliphatic carbocycles. The van der Waals surface area contributed by atoms with Gasteiger partial charge in [-0.15, -0.1) is 0 Å². The van der Waals surface area contributed by atoms with Crippen LogP contribution in [0.1, 0.15) is 35.7 Å². The van der Waals surface area contributed by atoms with E-state index in [0.29, 0.717) is 5.76 Å². The lowest BCUT2D eigenvalue weighted by Gasteiger charge is -2.16. The normalized spacial score (nSPS) is 13.5. The summed E-state index contributed by atoms with van der Waals surface area (Å²) in [5.74, 6) is 0.0620. The van der Waals surface area contributed by atoms with E-state index in [2.05, 4.69) is 10.3 Å². The van der Waals surface area contributed by atoms with Crippen LogP contribution in [0.5, 0.6) is 5.75 Å². The van der Waals surface area contributed by atoms with Crippen molar-refractivity contribution in [3.63, 3.8) is 0 Å². The third-order valence-corrected chi connectivity index (χ3v) is 3.17. The summed E-state index contributed by atoms with van der Waals surface area (Å²) in [6.07, 6.45) is -0.433. The molecule has 0 aromatic carbocycles. The molecule has 0 bridgehead atoms. The van der Waals surface area contributed by atoms with Crippen LogP contribution in [0, 0.1) is 0 Å². The van der Waals surface area contributed by atoms with Crippen molar-refractivity contribution in [3.05, 3.63) is 48.2 Å². The van der Waals surface area contributed by atoms with Crippen molar-refractivity contribution in [1.29, 1.82) is 0 Å². The minimum Gasteiger partial charge on any atom is -0.488 e. The fourth-order valence-electron chi connectivity index (χ4n) is 2.07. The number of hydrogen-bond donors (Lipinski definition) is 2. The number of furan rings is 1. The van der Waals surface area contributed by atoms with E-state index in [1.54, 1.807) is 19.1 Å². The van der Waals surface area contributed by atoms with Crippen molar-refractivity contribution in [2.24, 2.45) is 0 Å². The van der Waals surface area contributed by atoms with Gasteiger partial charge in [-0.1, -0.05) is 0 Å². The van der Waals surface area contributed by atoms with Gasteiger partial charge in [-0.3, -0.25) is 9.78 Å². The van der Waals surface area contributed by atoms with E-state index in [9.17, 15) is 18.7 Å². The number of aliphatic hydroxyl groups is 1. The van der Waals surface area contributed by atoms with Crippen LogP contribution >= 0.6 is 0 Å². The van der Waals surface area contributed by atoms with Crippen LogP contribution in [-0.2, 0) is 0 Å². The van der Waals surface area contributed by atoms with E-state index in [1.807, 2.05) is 0 Å². The van der Waals surface area contributed by atoms with Gasteiger partial charge in [-0.2, -0.15) is 0 Å². The van der Waals surface area contributed by atoms with E-state index >= 15 is 0 Å². The van der Waals surface area contributed by atoms with Crippen molar-refractivity contribution >= 4 is 5.91 Å². The molecule has 2 heterocycles. The Balaban J connectivity index is 1.90. The molecule has 24 heavy (non-hydrogen) atoms. The van der Waals surface area contributed by atoms with Crippen LogP contribution in [0.2, 0.25) is 0 Å². The number of nitrogens with zero attached hydrogens (tertiary/aromatic N) is 1. The molecular weight excluding hydrogens is 322 g/mol. The first-order valence-electron chi connectivity index (χ1n) is 7.35. The summed E-state index contributed by atoms with van der Waals surface area (Å²) in [5.41, 5.74) is 0.0427. The highest BCUT2D eigenvalue weighted by atomic mass is 19.3. The molecule has 0 radical (unpaired) electrons. The molecule has 2 unspecified atom stereocenters. The van der Waals surface area contributed by atoms with Crippen molar-refractivity contribution in [3.8, 4) is 5.75 Å². The number of rotatable bonds is 8. The quantitative estimate of drug-likeness (QED) is 0.771. The Morgan fingerprint density at radius 3 is 2.92 bits per heavy atom. The molecule has 0 aliphatic heterocycles. The molecule has 2 N–H and O–H groups in total. The van der Waals surface area contributed by atoms with Crippen molar-refractivity contribution in [1.82, 2.24) is 10.3 Å². The Morgan fingerprint density at radius 1 is 1.46 bits per heavy atom. The van der Waals surface area contributed by atoms with Crippen molar-refractivity contribution in [2.75, 3.05) is 6.61 Å². The van der Waals surface area contributed by atoms with Gasteiger partial charge in [0, 0.05) is 24.7 Å². The maximum atomic E-state index is 12.1. The second-order valence-corrected chi connectivity index (χ2v) is 5.22. The highest BCUT2D eigenvalue weighted by Gasteiger charge is 2.18. The molecule has 2 aromatic rings. The summed E-state index contributed by atoms with van der Waals surface area (Å²) in [4.78, 5) is 16.0. The average molecular weight is 340 g/mol. The Kier molecular flexibility index (Phi) is 6.25. The predicted octanol–water partition coefficient (Wildman–Crippen LogP) is 2.56. The number of aromatic nitrogens is 1. The summed E-state index contributed by atoms with van der Waals surface area (Å²) in [6.45, 7) is 0.970. The number of aliphatic hydroxyl groups excluding tert-OH is 1. The van der Waals surface area contributed by atoms with Crippen LogP contribution < -0.4 is 10.1 Å². The monoisotopic (exact) mass is 340 g/mol. The SMILES string of the molecule is CC(CC(O)c1ccco1)NC(=O)c1cc(OCC(F)F)ccn1. The van der Waals surface area contributed by atoms with Gasteiger partial charge >= 0.3 is 0 Å². The minimum atomic E-state index is -2.60. The van der Waals surface area contributed by atoms with Gasteiger partial charge in [0.15, 0.2) is 0 Å². The molecular formula is C16H18F2N2O4. The highest BCUT2D eigenvalue weighted by Crippen LogP contribution is 2.19. The topological polar surface area (TPSA) is 84.6 Å². The molecule has 0 aliphatic rings. The molecule has 8 heteroatoms. The average Bonchev–Trinajstić information content (AvgIpc) is 3.07. The molecule has 1 amide bonds. The number of nitrogens with one attached hydrogen (secondary N) is 1. The maximum absolute atomic E-state index is 12.1. The minimum absolute atomic E-state index is 0.0427. The fraction of sp³-hybridized carbons (Fsp3) is 0.375. The Morgan fingerprint density at radius 2 is 2.25 bits per heavy atom. The zero-order valence-corrected chi connectivity index (χ0v) is 13.0. The van der Waals surface area contributed by atoms with E-state index in [0.717, 1.165) is 0 Å². The molecule has 2 atom stereocenters. The van der Waals surface area contributed by atoms with Gasteiger partial charge in [0.1, 0.15) is 29.9 Å². The molecule has 0 saturated carbocycles. The molecule has 6 nitrogen and oxygen atoms in total. The van der Waals surface area contributed by atoms with Crippen molar-refractivity contribution in [2.45, 2.75) is 31.9 Å². The predicted molar refractivity (Wildman–Crippen MR) is 80.9 cm³/mol. The van der Waals surface area contributed by atoms with Gasteiger partial charge in [0.25, 0.3) is 12.3 Å². The van der Waals surface area contributed by atoms with Gasteiger partial charge in [0.2, 0.25) is 0 Å². The van der Waals surface area contributed by atoms with E-state index < -0.39 is 25.0 Å². The van der Waals surface area contributed by atoms with Gasteiger partial charge < -0.3 is 19.6 Å². The zero-order chi connectivity index (χ0) is 17.5. The Bertz CT molecular complexity index is 649. The third-order valence-electron chi connectivity index (χ3n) is 3.17. The van der Waals surface area contributed by atoms with E-state index in [-0.39, 0.29) is 23.9 Å². The largest absolute Gasteiger partial charge is 0.488 e. The maximum Gasteiger partial charge on any atom is 0.272 e. The molecule has 2 aromatic heterocycles. The first-order chi connectivity index (χ1) is 11.5. The van der Waals surface area contributed by atoms with Gasteiger partial charge in [-0.05, 0) is 25.1 Å². The number of amides is 1. The van der Waals surface area contributed by atoms with E-state index in [4.69, 9.17) is 9.15 Å². The lowest BCUT2D eigenvalue weighted by Crippen LogP contribution is -2.34. The summed E-state index contributed by atoms with van der Waals surface area (Å²) >= 11 is 0. The molecule has 2 rings (SSSR count). The number of hydrogen-bond acceptors (Lipinski definition) is 5. The number of pyridine rings is 1. The molecule has 130 valence electrons. The smallest absolute Gasteiger partial charge is 0.272 e. The third kappa shape index (κ3) is 5.31. The number of alkyl halides is 2. The summed E-state index contributed by atoms with van der Waals surface area (Å²) in [7, 11) is 0. The van der Waals surface area contributed by atoms with Crippen LogP contribution in [0.25, 0.3) is 0 Å². The first-order valence-corrected chi connectivity index (χ1v) is 7.35. The van der Waals surface area contributed by atoms with Gasteiger partial charge in [0.05, 0.1) is 6.26 Å². The molecule has 0 fully saturated rings. The Hall–Kier alpha value is -2.48. The number of halogens is 2. The second kappa shape index (κ2) is 8.39. The highest BCUT2D eigenvalue weighted by molar-refractivity contribution is 5.92. The zero-order valence-electron chi connectivity index (χ0n) is 13.0.